The summed E-state index contributed by atoms with van der Waals surface area (Å²) in [7, 11) is -0.494. The van der Waals surface area contributed by atoms with Gasteiger partial charge < -0.3 is 9.31 Å². The zero-order valence-corrected chi connectivity index (χ0v) is 11.5. The van der Waals surface area contributed by atoms with E-state index >= 15 is 0 Å². The summed E-state index contributed by atoms with van der Waals surface area (Å²) in [6.07, 6.45) is 4.43. The average Bonchev–Trinajstić information content (AvgIpc) is 2.34. The van der Waals surface area contributed by atoms with Crippen LogP contribution < -0.4 is 0 Å². The average molecular weight is 250 g/mol. The Morgan fingerprint density at radius 1 is 1.22 bits per heavy atom. The Morgan fingerprint density at radius 2 is 1.78 bits per heavy atom. The van der Waals surface area contributed by atoms with Crippen LogP contribution in [0.1, 0.15) is 40.5 Å². The van der Waals surface area contributed by atoms with Crippen molar-refractivity contribution < 1.29 is 13.7 Å². The van der Waals surface area contributed by atoms with Crippen LogP contribution in [-0.2, 0) is 9.31 Å². The highest BCUT2D eigenvalue weighted by Gasteiger charge is 2.52. The van der Waals surface area contributed by atoms with Gasteiger partial charge >= 0.3 is 7.12 Å². The summed E-state index contributed by atoms with van der Waals surface area (Å²) >= 11 is 0. The van der Waals surface area contributed by atoms with Crippen molar-refractivity contribution in [2.75, 3.05) is 0 Å². The largest absolute Gasteiger partial charge is 0.494 e. The summed E-state index contributed by atoms with van der Waals surface area (Å²) in [6.45, 7) is 11.8. The Bertz CT molecular complexity index is 419. The topological polar surface area (TPSA) is 18.5 Å². The van der Waals surface area contributed by atoms with Gasteiger partial charge in [0.05, 0.1) is 11.2 Å². The zero-order valence-electron chi connectivity index (χ0n) is 11.5. The van der Waals surface area contributed by atoms with Crippen LogP contribution in [0.25, 0.3) is 0 Å². The molecule has 0 spiro atoms. The molecule has 1 heterocycles. The summed E-state index contributed by atoms with van der Waals surface area (Å²) in [6, 6.07) is 0. The van der Waals surface area contributed by atoms with E-state index in [0.717, 1.165) is 11.0 Å². The van der Waals surface area contributed by atoms with E-state index in [1.807, 2.05) is 33.8 Å². The molecule has 0 aromatic carbocycles. The predicted molar refractivity (Wildman–Crippen MR) is 71.7 cm³/mol. The second-order valence-corrected chi connectivity index (χ2v) is 6.01. The first kappa shape index (κ1) is 13.6. The summed E-state index contributed by atoms with van der Waals surface area (Å²) in [5.41, 5.74) is 0.832. The third-order valence-corrected chi connectivity index (χ3v) is 3.89. The van der Waals surface area contributed by atoms with E-state index in [0.29, 0.717) is 12.8 Å². The molecule has 2 rings (SSSR count). The maximum absolute atomic E-state index is 13.6. The van der Waals surface area contributed by atoms with E-state index in [2.05, 4.69) is 6.58 Å². The van der Waals surface area contributed by atoms with Gasteiger partial charge in [-0.1, -0.05) is 18.2 Å². The fourth-order valence-corrected chi connectivity index (χ4v) is 2.01. The van der Waals surface area contributed by atoms with E-state index in [4.69, 9.17) is 9.31 Å². The molecule has 1 aliphatic carbocycles. The van der Waals surface area contributed by atoms with E-state index in [9.17, 15) is 4.39 Å². The highest BCUT2D eigenvalue weighted by atomic mass is 19.1. The summed E-state index contributed by atoms with van der Waals surface area (Å²) in [4.78, 5) is 0. The molecular formula is C14H20BFO2. The van der Waals surface area contributed by atoms with Crippen LogP contribution in [0.4, 0.5) is 4.39 Å². The van der Waals surface area contributed by atoms with E-state index < -0.39 is 18.3 Å². The molecule has 0 N–H and O–H groups in total. The third kappa shape index (κ3) is 2.45. The van der Waals surface area contributed by atoms with Crippen molar-refractivity contribution in [3.8, 4) is 0 Å². The quantitative estimate of drug-likeness (QED) is 0.521. The van der Waals surface area contributed by atoms with Crippen molar-refractivity contribution in [1.82, 2.24) is 0 Å². The molecule has 2 nitrogen and oxygen atoms in total. The Morgan fingerprint density at radius 3 is 2.33 bits per heavy atom. The normalized spacial score (nSPS) is 26.7. The Labute approximate surface area is 109 Å². The molecule has 1 saturated heterocycles. The van der Waals surface area contributed by atoms with Crippen LogP contribution in [0.3, 0.4) is 0 Å². The number of allylic oxidation sites excluding steroid dienone is 5. The van der Waals surface area contributed by atoms with Crippen molar-refractivity contribution >= 4 is 7.12 Å². The second kappa shape index (κ2) is 4.35. The van der Waals surface area contributed by atoms with Gasteiger partial charge in [-0.15, -0.1) is 0 Å². The maximum atomic E-state index is 13.6. The molecule has 0 aromatic rings. The lowest BCUT2D eigenvalue weighted by molar-refractivity contribution is 0.00578. The monoisotopic (exact) mass is 250 g/mol. The maximum Gasteiger partial charge on any atom is 0.494 e. The van der Waals surface area contributed by atoms with E-state index in [1.54, 1.807) is 0 Å². The third-order valence-electron chi connectivity index (χ3n) is 3.89. The highest BCUT2D eigenvalue weighted by molar-refractivity contribution is 6.55. The Kier molecular flexibility index (Phi) is 3.28. The lowest BCUT2D eigenvalue weighted by Gasteiger charge is -2.32. The lowest BCUT2D eigenvalue weighted by Crippen LogP contribution is -2.41. The highest BCUT2D eigenvalue weighted by Crippen LogP contribution is 2.39. The fourth-order valence-electron chi connectivity index (χ4n) is 2.01. The van der Waals surface area contributed by atoms with Gasteiger partial charge in [0.2, 0.25) is 0 Å². The van der Waals surface area contributed by atoms with Gasteiger partial charge in [-0.25, -0.2) is 4.39 Å². The number of halogens is 1. The van der Waals surface area contributed by atoms with Gasteiger partial charge in [-0.2, -0.15) is 0 Å². The first-order chi connectivity index (χ1) is 8.21. The van der Waals surface area contributed by atoms with Crippen LogP contribution in [0.2, 0.25) is 0 Å². The number of hydrogen-bond acceptors (Lipinski definition) is 2. The summed E-state index contributed by atoms with van der Waals surface area (Å²) in [5.74, 6) is -0.182. The van der Waals surface area contributed by atoms with Crippen molar-refractivity contribution in [3.63, 3.8) is 0 Å². The van der Waals surface area contributed by atoms with E-state index in [-0.39, 0.29) is 5.83 Å². The summed E-state index contributed by atoms with van der Waals surface area (Å²) in [5, 5.41) is 0. The van der Waals surface area contributed by atoms with Crippen molar-refractivity contribution in [1.29, 1.82) is 0 Å². The molecular weight excluding hydrogens is 230 g/mol. The molecule has 1 fully saturated rings. The first-order valence-electron chi connectivity index (χ1n) is 6.30. The predicted octanol–water partition coefficient (Wildman–Crippen LogP) is 3.75. The second-order valence-electron chi connectivity index (χ2n) is 6.01. The smallest absolute Gasteiger partial charge is 0.399 e. The van der Waals surface area contributed by atoms with Crippen LogP contribution >= 0.6 is 0 Å². The molecule has 18 heavy (non-hydrogen) atoms. The molecule has 0 atom stereocenters. The van der Waals surface area contributed by atoms with Crippen LogP contribution in [-0.4, -0.2) is 18.3 Å². The molecule has 2 aliphatic rings. The molecule has 4 heteroatoms. The van der Waals surface area contributed by atoms with Gasteiger partial charge in [-0.3, -0.25) is 0 Å². The SMILES string of the molecule is C=C1CC=C(B2OC(C)(C)C(C)(C)O2)C=C(F)C1. The van der Waals surface area contributed by atoms with Gasteiger partial charge in [-0.05, 0) is 45.7 Å². The van der Waals surface area contributed by atoms with Gasteiger partial charge in [0.1, 0.15) is 5.83 Å². The number of hydrogen-bond donors (Lipinski definition) is 0. The minimum atomic E-state index is -0.494. The summed E-state index contributed by atoms with van der Waals surface area (Å²) < 4.78 is 25.5. The van der Waals surface area contributed by atoms with Crippen molar-refractivity contribution in [2.24, 2.45) is 0 Å². The lowest BCUT2D eigenvalue weighted by atomic mass is 9.77. The molecule has 0 saturated carbocycles. The minimum absolute atomic E-state index is 0.182. The standard InChI is InChI=1S/C14H20BFO2/c1-10-6-7-11(9-12(16)8-10)15-17-13(2,3)14(4,5)18-15/h7,9H,1,6,8H2,2-5H3. The molecule has 0 radical (unpaired) electrons. The molecule has 1 aliphatic heterocycles. The van der Waals surface area contributed by atoms with Gasteiger partial charge in [0, 0.05) is 6.42 Å². The zero-order chi connectivity index (χ0) is 13.6. The van der Waals surface area contributed by atoms with Crippen LogP contribution in [0.5, 0.6) is 0 Å². The minimum Gasteiger partial charge on any atom is -0.399 e. The van der Waals surface area contributed by atoms with E-state index in [1.165, 1.54) is 6.08 Å². The van der Waals surface area contributed by atoms with Gasteiger partial charge in [0.15, 0.2) is 0 Å². The molecule has 0 unspecified atom stereocenters. The molecule has 0 amide bonds. The number of rotatable bonds is 1. The van der Waals surface area contributed by atoms with Crippen molar-refractivity contribution in [2.45, 2.75) is 51.7 Å². The Balaban J connectivity index is 2.24. The Hall–Kier alpha value is -0.865. The first-order valence-corrected chi connectivity index (χ1v) is 6.30. The van der Waals surface area contributed by atoms with Gasteiger partial charge in [0.25, 0.3) is 0 Å². The molecule has 98 valence electrons. The van der Waals surface area contributed by atoms with Crippen LogP contribution in [0, 0.1) is 0 Å². The van der Waals surface area contributed by atoms with Crippen molar-refractivity contribution in [3.05, 3.63) is 35.6 Å². The van der Waals surface area contributed by atoms with Crippen LogP contribution in [0.15, 0.2) is 35.6 Å². The fraction of sp³-hybridized carbons (Fsp3) is 0.571. The molecule has 0 aromatic heterocycles. The molecule has 0 bridgehead atoms.